The van der Waals surface area contributed by atoms with Crippen molar-refractivity contribution >= 4 is 15.9 Å². The van der Waals surface area contributed by atoms with Gasteiger partial charge in [-0.1, -0.05) is 6.92 Å². The van der Waals surface area contributed by atoms with Crippen LogP contribution < -0.4 is 5.32 Å². The molecule has 0 saturated carbocycles. The maximum absolute atomic E-state index is 5.40. The second kappa shape index (κ2) is 4.68. The van der Waals surface area contributed by atoms with Crippen LogP contribution in [0.5, 0.6) is 0 Å². The van der Waals surface area contributed by atoms with Crippen LogP contribution >= 0.6 is 15.9 Å². The summed E-state index contributed by atoms with van der Waals surface area (Å²) in [4.78, 5) is 0. The molecule has 0 fully saturated rings. The van der Waals surface area contributed by atoms with E-state index in [2.05, 4.69) is 28.2 Å². The Bertz CT molecular complexity index is 433. The van der Waals surface area contributed by atoms with Gasteiger partial charge in [-0.25, -0.2) is 0 Å². The lowest BCUT2D eigenvalue weighted by Crippen LogP contribution is -2.11. The van der Waals surface area contributed by atoms with E-state index >= 15 is 0 Å². The molecule has 0 radical (unpaired) electrons. The van der Waals surface area contributed by atoms with E-state index < -0.39 is 0 Å². The molecule has 0 spiro atoms. The smallest absolute Gasteiger partial charge is 0.151 e. The largest absolute Gasteiger partial charge is 0.467 e. The first-order valence-corrected chi connectivity index (χ1v) is 5.62. The highest BCUT2D eigenvalue weighted by Crippen LogP contribution is 2.32. The normalized spacial score (nSPS) is 10.8. The van der Waals surface area contributed by atoms with Crippen LogP contribution in [0.4, 0.5) is 0 Å². The molecule has 0 aliphatic rings. The van der Waals surface area contributed by atoms with E-state index in [4.69, 9.17) is 8.83 Å². The summed E-state index contributed by atoms with van der Waals surface area (Å²) in [6.45, 7) is 3.69. The zero-order valence-electron chi connectivity index (χ0n) is 8.42. The predicted octanol–water partition coefficient (Wildman–Crippen LogP) is 3.41. The molecule has 4 heteroatoms. The molecule has 0 aliphatic carbocycles. The molecular weight excluding hydrogens is 258 g/mol. The van der Waals surface area contributed by atoms with Crippen molar-refractivity contribution in [3.05, 3.63) is 34.9 Å². The molecule has 2 aromatic rings. The summed E-state index contributed by atoms with van der Waals surface area (Å²) in [6.07, 6.45) is 3.33. The average molecular weight is 270 g/mol. The predicted molar refractivity (Wildman–Crippen MR) is 61.5 cm³/mol. The lowest BCUT2D eigenvalue weighted by molar-refractivity contribution is 0.486. The van der Waals surface area contributed by atoms with Crippen LogP contribution in [0, 0.1) is 0 Å². The minimum Gasteiger partial charge on any atom is -0.467 e. The Kier molecular flexibility index (Phi) is 3.28. The summed E-state index contributed by atoms with van der Waals surface area (Å²) in [6, 6.07) is 3.79. The zero-order chi connectivity index (χ0) is 10.7. The van der Waals surface area contributed by atoms with Gasteiger partial charge < -0.3 is 14.2 Å². The summed E-state index contributed by atoms with van der Waals surface area (Å²) >= 11 is 3.43. The molecule has 2 rings (SSSR count). The average Bonchev–Trinajstić information content (AvgIpc) is 2.82. The lowest BCUT2D eigenvalue weighted by atomic mass is 10.2. The lowest BCUT2D eigenvalue weighted by Gasteiger charge is -2.01. The van der Waals surface area contributed by atoms with Crippen LogP contribution in [0.15, 0.2) is 38.0 Å². The van der Waals surface area contributed by atoms with Crippen LogP contribution in [0.25, 0.3) is 11.3 Å². The standard InChI is InChI=1S/C11H12BrNO2/c1-2-13-7-10-8(3-5-14-10)11-9(12)4-6-15-11/h3-6,13H,2,7H2,1H3. The Morgan fingerprint density at radius 2 is 2.07 bits per heavy atom. The van der Waals surface area contributed by atoms with Gasteiger partial charge in [0.2, 0.25) is 0 Å². The zero-order valence-corrected chi connectivity index (χ0v) is 10.0. The third kappa shape index (κ3) is 2.16. The van der Waals surface area contributed by atoms with E-state index in [-0.39, 0.29) is 0 Å². The summed E-state index contributed by atoms with van der Waals surface area (Å²) in [5.41, 5.74) is 0.993. The molecule has 15 heavy (non-hydrogen) atoms. The van der Waals surface area contributed by atoms with Crippen LogP contribution in [-0.4, -0.2) is 6.54 Å². The van der Waals surface area contributed by atoms with E-state index in [0.717, 1.165) is 28.1 Å². The molecule has 2 heterocycles. The molecule has 0 aliphatic heterocycles. The molecule has 0 bridgehead atoms. The van der Waals surface area contributed by atoms with Crippen molar-refractivity contribution in [2.24, 2.45) is 0 Å². The molecule has 3 nitrogen and oxygen atoms in total. The first-order chi connectivity index (χ1) is 7.33. The van der Waals surface area contributed by atoms with Gasteiger partial charge in [0.25, 0.3) is 0 Å². The molecule has 0 unspecified atom stereocenters. The second-order valence-corrected chi connectivity index (χ2v) is 3.99. The van der Waals surface area contributed by atoms with Crippen molar-refractivity contribution in [3.63, 3.8) is 0 Å². The fourth-order valence-electron chi connectivity index (χ4n) is 1.40. The molecule has 2 aromatic heterocycles. The Morgan fingerprint density at radius 3 is 2.73 bits per heavy atom. The number of rotatable bonds is 4. The van der Waals surface area contributed by atoms with Crippen LogP contribution in [-0.2, 0) is 6.54 Å². The number of halogens is 1. The first-order valence-electron chi connectivity index (χ1n) is 4.83. The number of nitrogens with one attached hydrogen (secondary N) is 1. The summed E-state index contributed by atoms with van der Waals surface area (Å²) in [7, 11) is 0. The van der Waals surface area contributed by atoms with Gasteiger partial charge in [0.15, 0.2) is 5.76 Å². The fraction of sp³-hybridized carbons (Fsp3) is 0.273. The highest BCUT2D eigenvalue weighted by atomic mass is 79.9. The van der Waals surface area contributed by atoms with Crippen LogP contribution in [0.1, 0.15) is 12.7 Å². The quantitative estimate of drug-likeness (QED) is 0.925. The number of hydrogen-bond acceptors (Lipinski definition) is 3. The first kappa shape index (κ1) is 10.5. The monoisotopic (exact) mass is 269 g/mol. The van der Waals surface area contributed by atoms with E-state index in [1.165, 1.54) is 0 Å². The minimum atomic E-state index is 0.714. The molecule has 0 saturated heterocycles. The van der Waals surface area contributed by atoms with Gasteiger partial charge in [0.1, 0.15) is 5.76 Å². The van der Waals surface area contributed by atoms with Gasteiger partial charge in [-0.3, -0.25) is 0 Å². The molecular formula is C11H12BrNO2. The molecule has 0 aromatic carbocycles. The van der Waals surface area contributed by atoms with Crippen molar-refractivity contribution < 1.29 is 8.83 Å². The molecule has 80 valence electrons. The maximum Gasteiger partial charge on any atom is 0.151 e. The molecule has 0 atom stereocenters. The molecule has 1 N–H and O–H groups in total. The summed E-state index contributed by atoms with van der Waals surface area (Å²) < 4.78 is 11.7. The van der Waals surface area contributed by atoms with Crippen LogP contribution in [0.2, 0.25) is 0 Å². The highest BCUT2D eigenvalue weighted by Gasteiger charge is 2.13. The van der Waals surface area contributed by atoms with E-state index in [1.807, 2.05) is 12.1 Å². The summed E-state index contributed by atoms with van der Waals surface area (Å²) in [5.74, 6) is 1.71. The Labute approximate surface area is 96.6 Å². The van der Waals surface area contributed by atoms with Crippen molar-refractivity contribution in [2.75, 3.05) is 6.54 Å². The van der Waals surface area contributed by atoms with Gasteiger partial charge >= 0.3 is 0 Å². The SMILES string of the molecule is CCNCc1occc1-c1occc1Br. The van der Waals surface area contributed by atoms with Crippen molar-refractivity contribution in [2.45, 2.75) is 13.5 Å². The van der Waals surface area contributed by atoms with Crippen molar-refractivity contribution in [3.8, 4) is 11.3 Å². The third-order valence-electron chi connectivity index (χ3n) is 2.14. The van der Waals surface area contributed by atoms with E-state index in [9.17, 15) is 0 Å². The van der Waals surface area contributed by atoms with Gasteiger partial charge in [0.05, 0.1) is 29.1 Å². The van der Waals surface area contributed by atoms with Gasteiger partial charge in [-0.15, -0.1) is 0 Å². The number of hydrogen-bond donors (Lipinski definition) is 1. The summed E-state index contributed by atoms with van der Waals surface area (Å²) in [5, 5.41) is 3.22. The van der Waals surface area contributed by atoms with E-state index in [1.54, 1.807) is 12.5 Å². The van der Waals surface area contributed by atoms with Gasteiger partial charge in [0, 0.05) is 0 Å². The van der Waals surface area contributed by atoms with Gasteiger partial charge in [-0.2, -0.15) is 0 Å². The maximum atomic E-state index is 5.40. The van der Waals surface area contributed by atoms with Gasteiger partial charge in [-0.05, 0) is 34.6 Å². The Balaban J connectivity index is 2.29. The number of furan rings is 2. The van der Waals surface area contributed by atoms with Crippen molar-refractivity contribution in [1.29, 1.82) is 0 Å². The molecule has 0 amide bonds. The Hall–Kier alpha value is -1.00. The van der Waals surface area contributed by atoms with Crippen molar-refractivity contribution in [1.82, 2.24) is 5.32 Å². The third-order valence-corrected chi connectivity index (χ3v) is 2.77. The Morgan fingerprint density at radius 1 is 1.27 bits per heavy atom. The second-order valence-electron chi connectivity index (χ2n) is 3.14. The fourth-order valence-corrected chi connectivity index (χ4v) is 1.82. The van der Waals surface area contributed by atoms with Crippen LogP contribution in [0.3, 0.4) is 0 Å². The topological polar surface area (TPSA) is 38.3 Å². The minimum absolute atomic E-state index is 0.714. The highest BCUT2D eigenvalue weighted by molar-refractivity contribution is 9.10. The van der Waals surface area contributed by atoms with E-state index in [0.29, 0.717) is 6.54 Å².